The summed E-state index contributed by atoms with van der Waals surface area (Å²) in [5, 5.41) is 20.5. The van der Waals surface area contributed by atoms with Crippen LogP contribution in [0.3, 0.4) is 0 Å². The predicted octanol–water partition coefficient (Wildman–Crippen LogP) is 9.26. The van der Waals surface area contributed by atoms with Crippen molar-refractivity contribution in [2.75, 3.05) is 37.0 Å². The number of anilines is 2. The molecule has 2 aliphatic heterocycles. The Bertz CT molecular complexity index is 2910. The molecule has 4 bridgehead atoms. The van der Waals surface area contributed by atoms with Crippen LogP contribution in [0.5, 0.6) is 0 Å². The molecule has 14 rings (SSSR count). The Kier molecular flexibility index (Phi) is 11.5. The van der Waals surface area contributed by atoms with Crippen LogP contribution in [0, 0.1) is 31.6 Å². The molecule has 0 spiro atoms. The Balaban J connectivity index is 0.000000154. The zero-order chi connectivity index (χ0) is 49.0. The number of hydrogen-bond donors (Lipinski definition) is 1. The first-order valence-electron chi connectivity index (χ1n) is 26.4. The van der Waals surface area contributed by atoms with Gasteiger partial charge in [0.05, 0.1) is 29.2 Å². The van der Waals surface area contributed by atoms with E-state index in [4.69, 9.17) is 24.9 Å². The van der Waals surface area contributed by atoms with Gasteiger partial charge >= 0.3 is 6.09 Å². The second kappa shape index (κ2) is 17.1. The molecule has 0 atom stereocenters. The number of hydrogen-bond acceptors (Lipinski definition) is 10. The maximum absolute atomic E-state index is 12.8. The summed E-state index contributed by atoms with van der Waals surface area (Å²) in [5.74, 6) is 0. The quantitative estimate of drug-likeness (QED) is 0.158. The van der Waals surface area contributed by atoms with Crippen molar-refractivity contribution in [2.45, 2.75) is 174 Å². The van der Waals surface area contributed by atoms with E-state index in [1.165, 1.54) is 83.5 Å². The molecule has 6 fully saturated rings. The summed E-state index contributed by atoms with van der Waals surface area (Å²) in [7, 11) is 8.13. The van der Waals surface area contributed by atoms with Crippen LogP contribution in [0.1, 0.15) is 137 Å². The maximum Gasteiger partial charge on any atom is 0.410 e. The Morgan fingerprint density at radius 1 is 0.743 bits per heavy atom. The largest absolute Gasteiger partial charge is 0.444 e. The van der Waals surface area contributed by atoms with Crippen molar-refractivity contribution in [3.63, 3.8) is 0 Å². The van der Waals surface area contributed by atoms with Crippen molar-refractivity contribution in [3.8, 4) is 0 Å². The number of fused-ring (bicyclic) bond motifs is 10. The molecule has 0 radical (unpaired) electrons. The molecule has 70 heavy (non-hydrogen) atoms. The lowest BCUT2D eigenvalue weighted by Crippen LogP contribution is -2.58. The van der Waals surface area contributed by atoms with Crippen LogP contribution in [0.4, 0.5) is 16.2 Å². The predicted molar refractivity (Wildman–Crippen MR) is 276 cm³/mol. The highest BCUT2D eigenvalue weighted by molar-refractivity contribution is 5.91. The molecule has 0 saturated heterocycles. The van der Waals surface area contributed by atoms with Gasteiger partial charge in [-0.25, -0.2) is 14.8 Å². The first-order valence-corrected chi connectivity index (χ1v) is 26.4. The van der Waals surface area contributed by atoms with E-state index in [1.807, 2.05) is 50.6 Å². The van der Waals surface area contributed by atoms with Crippen LogP contribution in [0.25, 0.3) is 22.1 Å². The summed E-state index contributed by atoms with van der Waals surface area (Å²) in [4.78, 5) is 29.2. The second-order valence-electron chi connectivity index (χ2n) is 23.8. The van der Waals surface area contributed by atoms with E-state index in [0.717, 1.165) is 119 Å². The second-order valence-corrected chi connectivity index (χ2v) is 23.8. The topological polar surface area (TPSA) is 132 Å². The Labute approximate surface area is 414 Å². The highest BCUT2D eigenvalue weighted by atomic mass is 16.6. The highest BCUT2D eigenvalue weighted by Gasteiger charge is 2.53. The van der Waals surface area contributed by atoms with Crippen molar-refractivity contribution in [2.24, 2.45) is 24.9 Å². The van der Waals surface area contributed by atoms with Crippen LogP contribution in [-0.2, 0) is 57.9 Å². The third kappa shape index (κ3) is 8.25. The zero-order valence-electron chi connectivity index (χ0n) is 43.8. The van der Waals surface area contributed by atoms with Gasteiger partial charge in [0.1, 0.15) is 11.2 Å². The third-order valence-electron chi connectivity index (χ3n) is 18.4. The maximum atomic E-state index is 12.8. The monoisotopic (exact) mass is 952 g/mol. The summed E-state index contributed by atoms with van der Waals surface area (Å²) in [5.41, 5.74) is 14.1. The van der Waals surface area contributed by atoms with Gasteiger partial charge in [-0.3, -0.25) is 14.0 Å². The van der Waals surface area contributed by atoms with Crippen LogP contribution in [-0.4, -0.2) is 98.7 Å². The zero-order valence-corrected chi connectivity index (χ0v) is 43.8. The Hall–Kier alpha value is -5.44. The van der Waals surface area contributed by atoms with Crippen molar-refractivity contribution in [1.29, 1.82) is 0 Å². The van der Waals surface area contributed by atoms with E-state index in [-0.39, 0.29) is 17.0 Å². The van der Waals surface area contributed by atoms with Gasteiger partial charge < -0.3 is 29.3 Å². The highest BCUT2D eigenvalue weighted by Crippen LogP contribution is 2.56. The Morgan fingerprint density at radius 2 is 1.33 bits per heavy atom. The molecule has 6 aromatic heterocycles. The number of aromatic nitrogens is 9. The number of pyridine rings is 2. The van der Waals surface area contributed by atoms with Crippen molar-refractivity contribution >= 4 is 39.5 Å². The van der Waals surface area contributed by atoms with Gasteiger partial charge in [0.25, 0.3) is 0 Å². The van der Waals surface area contributed by atoms with Crippen LogP contribution < -0.4 is 15.1 Å². The number of rotatable bonds is 8. The number of nitrogens with one attached hydrogen (secondary N) is 1. The summed E-state index contributed by atoms with van der Waals surface area (Å²) in [6.07, 6.45) is 22.6. The number of carbonyl (C=O) groups excluding carboxylic acids is 1. The average molecular weight is 952 g/mol. The number of ether oxygens (including phenoxy) is 1. The van der Waals surface area contributed by atoms with Gasteiger partial charge in [-0.1, -0.05) is 0 Å². The van der Waals surface area contributed by atoms with E-state index in [1.54, 1.807) is 0 Å². The molecular formula is C55H77N13O2. The van der Waals surface area contributed by atoms with E-state index in [2.05, 4.69) is 99.6 Å². The lowest BCUT2D eigenvalue weighted by Gasteiger charge is -2.56. The van der Waals surface area contributed by atoms with Gasteiger partial charge in [0.15, 0.2) is 5.65 Å². The molecule has 0 aromatic carbocycles. The molecule has 1 amide bonds. The summed E-state index contributed by atoms with van der Waals surface area (Å²) < 4.78 is 14.4. The van der Waals surface area contributed by atoms with Crippen molar-refractivity contribution in [1.82, 2.24) is 54.1 Å². The first kappa shape index (κ1) is 46.9. The average Bonchev–Trinajstić information content (AvgIpc) is 4.12. The third-order valence-corrected chi connectivity index (χ3v) is 18.4. The van der Waals surface area contributed by atoms with E-state index in [0.29, 0.717) is 11.0 Å². The standard InChI is InChI=1S/C30H42N6O2.C25H35N7/c1-21-17-25(23-7-15-33(5)26(23)32-21)35-16-8-24-22(19-35)18-31-36(24)20-29-9-12-30(13-10-29,14-11-29)34(6)27(37)38-28(2,3)4;1-17-13-22(19-14-27-30(4)23(19)28-17)31-12-5-21-20(15-31)18(2)29-32(21)16-24-6-9-25(26-3,10-7-24)11-8-24/h7,15,17-18H,8-14,16,19-20H2,1-6H3;13-14,26H,5-12,15-16H2,1-4H3. The molecular weight excluding hydrogens is 875 g/mol. The van der Waals surface area contributed by atoms with Crippen LogP contribution in [0.15, 0.2) is 36.8 Å². The van der Waals surface area contributed by atoms with E-state index < -0.39 is 5.60 Å². The summed E-state index contributed by atoms with van der Waals surface area (Å²) in [6, 6.07) is 6.62. The lowest BCUT2D eigenvalue weighted by molar-refractivity contribution is -0.0606. The molecule has 6 saturated carbocycles. The number of aryl methyl sites for hydroxylation is 5. The number of amides is 1. The molecule has 15 heteroatoms. The van der Waals surface area contributed by atoms with Crippen LogP contribution >= 0.6 is 0 Å². The fourth-order valence-electron chi connectivity index (χ4n) is 13.8. The van der Waals surface area contributed by atoms with Gasteiger partial charge in [-0.05, 0) is 155 Å². The van der Waals surface area contributed by atoms with Crippen molar-refractivity contribution in [3.05, 3.63) is 76.4 Å². The molecule has 8 aliphatic rings. The SMILES string of the molecule is CNC12CCC(Cn3nc(C)c4c3CCN(c3cc(C)nc5c3cnn5C)C4)(CC1)CC2.Cc1cc(N2CCc3c(cnn3CC34CCC(N(C)C(=O)OC(C)(C)C)(CC3)CC4)C2)c2ccn(C)c2n1. The van der Waals surface area contributed by atoms with Gasteiger partial charge in [0.2, 0.25) is 0 Å². The van der Waals surface area contributed by atoms with E-state index >= 15 is 0 Å². The van der Waals surface area contributed by atoms with Crippen LogP contribution in [0.2, 0.25) is 0 Å². The molecule has 374 valence electrons. The van der Waals surface area contributed by atoms with Gasteiger partial charge in [-0.15, -0.1) is 0 Å². The van der Waals surface area contributed by atoms with Gasteiger partial charge in [0, 0.05) is 136 Å². The minimum atomic E-state index is -0.465. The van der Waals surface area contributed by atoms with E-state index in [9.17, 15) is 4.79 Å². The Morgan fingerprint density at radius 3 is 1.97 bits per heavy atom. The molecule has 1 N–H and O–H groups in total. The fraction of sp³-hybridized carbons (Fsp3) is 0.636. The number of nitrogens with zero attached hydrogens (tertiary/aromatic N) is 12. The molecule has 8 heterocycles. The van der Waals surface area contributed by atoms with Gasteiger partial charge in [-0.2, -0.15) is 15.3 Å². The molecule has 0 unspecified atom stereocenters. The number of carbonyl (C=O) groups is 1. The molecule has 6 aromatic rings. The summed E-state index contributed by atoms with van der Waals surface area (Å²) in [6.45, 7) is 18.1. The summed E-state index contributed by atoms with van der Waals surface area (Å²) >= 11 is 0. The molecule has 15 nitrogen and oxygen atoms in total. The molecule has 6 aliphatic carbocycles. The minimum Gasteiger partial charge on any atom is -0.444 e. The van der Waals surface area contributed by atoms with Crippen molar-refractivity contribution < 1.29 is 9.53 Å². The smallest absolute Gasteiger partial charge is 0.410 e. The normalized spacial score (nSPS) is 26.1. The lowest BCUT2D eigenvalue weighted by atomic mass is 9.57. The fourth-order valence-corrected chi connectivity index (χ4v) is 13.8. The minimum absolute atomic E-state index is 0.0560. The first-order chi connectivity index (χ1) is 33.4.